The Morgan fingerprint density at radius 3 is 2.45 bits per heavy atom. The number of hydrogen-bond acceptors (Lipinski definition) is 7. The third kappa shape index (κ3) is 4.24. The molecule has 1 aliphatic heterocycles. The van der Waals surface area contributed by atoms with E-state index in [0.29, 0.717) is 28.6 Å². The molecular formula is C22H31N5O3S. The lowest BCUT2D eigenvalue weighted by molar-refractivity contribution is 0.0599. The smallest absolute Gasteiger partial charge is 0.339 e. The molecule has 2 aliphatic rings. The second-order valence-corrected chi connectivity index (χ2v) is 10.1. The van der Waals surface area contributed by atoms with Gasteiger partial charge in [-0.1, -0.05) is 18.7 Å². The lowest BCUT2D eigenvalue weighted by Gasteiger charge is -2.31. The summed E-state index contributed by atoms with van der Waals surface area (Å²) in [6.45, 7) is 9.75. The number of thioether (sulfide) groups is 1. The minimum Gasteiger partial charge on any atom is -0.465 e. The van der Waals surface area contributed by atoms with Crippen LogP contribution in [0.25, 0.3) is 0 Å². The number of esters is 1. The summed E-state index contributed by atoms with van der Waals surface area (Å²) in [6.07, 6.45) is 4.59. The van der Waals surface area contributed by atoms with Crippen molar-refractivity contribution in [2.45, 2.75) is 69.8 Å². The highest BCUT2D eigenvalue weighted by Gasteiger charge is 2.34. The number of carbonyl (C=O) groups excluding carboxylic acids is 2. The molecule has 168 valence electrons. The normalized spacial score (nSPS) is 18.3. The maximum Gasteiger partial charge on any atom is 0.339 e. The van der Waals surface area contributed by atoms with E-state index in [0.717, 1.165) is 43.0 Å². The fraction of sp³-hybridized carbons (Fsp3) is 0.636. The third-order valence-corrected chi connectivity index (χ3v) is 7.41. The number of aromatic nitrogens is 4. The third-order valence-electron chi connectivity index (χ3n) is 6.35. The Labute approximate surface area is 187 Å². The van der Waals surface area contributed by atoms with E-state index in [-0.39, 0.29) is 11.0 Å². The Hall–Kier alpha value is -2.29. The molecule has 4 rings (SSSR count). The number of nitrogens with zero attached hydrogens (tertiary/aromatic N) is 4. The summed E-state index contributed by atoms with van der Waals surface area (Å²) in [4.78, 5) is 30.7. The summed E-state index contributed by atoms with van der Waals surface area (Å²) in [7, 11) is 1.35. The zero-order valence-electron chi connectivity index (χ0n) is 18.9. The lowest BCUT2D eigenvalue weighted by Crippen LogP contribution is -2.34. The second-order valence-electron chi connectivity index (χ2n) is 8.79. The number of H-pyrrole nitrogens is 1. The van der Waals surface area contributed by atoms with Gasteiger partial charge in [-0.15, -0.1) is 10.2 Å². The van der Waals surface area contributed by atoms with E-state index in [9.17, 15) is 9.59 Å². The van der Waals surface area contributed by atoms with Gasteiger partial charge in [-0.05, 0) is 57.9 Å². The Morgan fingerprint density at radius 2 is 1.84 bits per heavy atom. The van der Waals surface area contributed by atoms with Crippen LogP contribution in [0.5, 0.6) is 0 Å². The van der Waals surface area contributed by atoms with Crippen molar-refractivity contribution in [3.05, 3.63) is 22.5 Å². The number of ether oxygens (including phenoxy) is 1. The Bertz CT molecular complexity index is 986. The van der Waals surface area contributed by atoms with Crippen molar-refractivity contribution in [1.82, 2.24) is 19.7 Å². The van der Waals surface area contributed by atoms with Crippen molar-refractivity contribution in [3.8, 4) is 0 Å². The van der Waals surface area contributed by atoms with Crippen LogP contribution in [-0.4, -0.2) is 57.0 Å². The number of hydrogen-bond donors (Lipinski definition) is 1. The number of rotatable bonds is 7. The molecular weight excluding hydrogens is 414 g/mol. The largest absolute Gasteiger partial charge is 0.465 e. The van der Waals surface area contributed by atoms with Crippen LogP contribution >= 0.6 is 11.8 Å². The van der Waals surface area contributed by atoms with Gasteiger partial charge in [-0.2, -0.15) is 0 Å². The molecule has 1 N–H and O–H groups in total. The van der Waals surface area contributed by atoms with Gasteiger partial charge in [0.25, 0.3) is 0 Å². The first-order valence-corrected chi connectivity index (χ1v) is 11.9. The number of aromatic amines is 1. The minimum atomic E-state index is -0.431. The molecule has 0 amide bonds. The SMILES string of the molecule is COC(=O)c1c(C)[nH]c(C(=O)C(C)Sc2nnc(N3CCC(C)CC3)n2C2CC2)c1C. The van der Waals surface area contributed by atoms with Crippen LogP contribution in [0, 0.1) is 19.8 Å². The number of carbonyl (C=O) groups is 2. The Morgan fingerprint density at radius 1 is 1.16 bits per heavy atom. The molecule has 8 nitrogen and oxygen atoms in total. The van der Waals surface area contributed by atoms with E-state index in [1.165, 1.54) is 31.7 Å². The molecule has 1 atom stereocenters. The molecule has 1 aliphatic carbocycles. The van der Waals surface area contributed by atoms with Gasteiger partial charge in [0, 0.05) is 24.8 Å². The molecule has 2 aromatic rings. The van der Waals surface area contributed by atoms with Crippen LogP contribution in [0.3, 0.4) is 0 Å². The maximum atomic E-state index is 13.2. The van der Waals surface area contributed by atoms with Crippen molar-refractivity contribution >= 4 is 29.5 Å². The van der Waals surface area contributed by atoms with Gasteiger partial charge < -0.3 is 14.6 Å². The van der Waals surface area contributed by atoms with Crippen LogP contribution in [-0.2, 0) is 4.74 Å². The summed E-state index contributed by atoms with van der Waals surface area (Å²) in [5.41, 5.74) is 2.17. The first-order chi connectivity index (χ1) is 14.8. The standard InChI is InChI=1S/C22H31N5O3S/c1-12-8-10-26(11-9-12)21-24-25-22(27(21)16-6-7-16)31-15(4)19(28)18-13(2)17(14(3)23-18)20(29)30-5/h12,15-16,23H,6-11H2,1-5H3. The van der Waals surface area contributed by atoms with E-state index in [1.807, 2.05) is 6.92 Å². The Balaban J connectivity index is 1.55. The van der Waals surface area contributed by atoms with Gasteiger partial charge in [0.15, 0.2) is 10.9 Å². The van der Waals surface area contributed by atoms with Crippen molar-refractivity contribution < 1.29 is 14.3 Å². The molecule has 31 heavy (non-hydrogen) atoms. The van der Waals surface area contributed by atoms with Gasteiger partial charge in [0.05, 0.1) is 23.6 Å². The zero-order valence-corrected chi connectivity index (χ0v) is 19.7. The first-order valence-electron chi connectivity index (χ1n) is 11.0. The number of piperidine rings is 1. The van der Waals surface area contributed by atoms with Gasteiger partial charge in [-0.25, -0.2) is 4.79 Å². The Kier molecular flexibility index (Phi) is 6.14. The van der Waals surface area contributed by atoms with Crippen LogP contribution < -0.4 is 4.90 Å². The summed E-state index contributed by atoms with van der Waals surface area (Å²) in [6, 6.07) is 0.426. The fourth-order valence-electron chi connectivity index (χ4n) is 4.25. The van der Waals surface area contributed by atoms with Crippen molar-refractivity contribution in [1.29, 1.82) is 0 Å². The van der Waals surface area contributed by atoms with E-state index in [1.54, 1.807) is 13.8 Å². The summed E-state index contributed by atoms with van der Waals surface area (Å²) in [5, 5.41) is 9.43. The predicted molar refractivity (Wildman–Crippen MR) is 120 cm³/mol. The van der Waals surface area contributed by atoms with Gasteiger partial charge in [0.1, 0.15) is 0 Å². The molecule has 1 saturated carbocycles. The summed E-state index contributed by atoms with van der Waals surface area (Å²) >= 11 is 1.44. The van der Waals surface area contributed by atoms with E-state index >= 15 is 0 Å². The summed E-state index contributed by atoms with van der Waals surface area (Å²) in [5.74, 6) is 1.21. The van der Waals surface area contributed by atoms with Crippen LogP contribution in [0.4, 0.5) is 5.95 Å². The monoisotopic (exact) mass is 445 g/mol. The van der Waals surface area contributed by atoms with Crippen molar-refractivity contribution in [3.63, 3.8) is 0 Å². The topological polar surface area (TPSA) is 93.1 Å². The average Bonchev–Trinajstić information content (AvgIpc) is 3.44. The predicted octanol–water partition coefficient (Wildman–Crippen LogP) is 3.94. The van der Waals surface area contributed by atoms with Gasteiger partial charge >= 0.3 is 5.97 Å². The molecule has 1 unspecified atom stereocenters. The van der Waals surface area contributed by atoms with Crippen LogP contribution in [0.15, 0.2) is 5.16 Å². The number of anilines is 1. The molecule has 0 bridgehead atoms. The number of ketones is 1. The number of aryl methyl sites for hydroxylation is 1. The fourth-order valence-corrected chi connectivity index (χ4v) is 5.22. The van der Waals surface area contributed by atoms with Gasteiger partial charge in [-0.3, -0.25) is 9.36 Å². The number of methoxy groups -OCH3 is 1. The highest BCUT2D eigenvalue weighted by molar-refractivity contribution is 8.00. The molecule has 2 aromatic heterocycles. The summed E-state index contributed by atoms with van der Waals surface area (Å²) < 4.78 is 7.09. The van der Waals surface area contributed by atoms with Gasteiger partial charge in [0.2, 0.25) is 5.95 Å². The highest BCUT2D eigenvalue weighted by Crippen LogP contribution is 2.42. The van der Waals surface area contributed by atoms with Crippen molar-refractivity contribution in [2.24, 2.45) is 5.92 Å². The molecule has 0 spiro atoms. The molecule has 9 heteroatoms. The number of Topliss-reactive ketones (excluding diaryl/α,β-unsaturated/α-hetero) is 1. The molecule has 0 aromatic carbocycles. The van der Waals surface area contributed by atoms with E-state index < -0.39 is 5.97 Å². The number of nitrogens with one attached hydrogen (secondary N) is 1. The first kappa shape index (κ1) is 21.9. The average molecular weight is 446 g/mol. The van der Waals surface area contributed by atoms with Crippen LogP contribution in [0.1, 0.15) is 77.7 Å². The van der Waals surface area contributed by atoms with E-state index in [4.69, 9.17) is 4.74 Å². The maximum absolute atomic E-state index is 13.2. The molecule has 0 radical (unpaired) electrons. The molecule has 2 fully saturated rings. The van der Waals surface area contributed by atoms with Crippen LogP contribution in [0.2, 0.25) is 0 Å². The molecule has 3 heterocycles. The lowest BCUT2D eigenvalue weighted by atomic mass is 10.00. The quantitative estimate of drug-likeness (QED) is 0.392. The van der Waals surface area contributed by atoms with Crippen molar-refractivity contribution in [2.75, 3.05) is 25.1 Å². The van der Waals surface area contributed by atoms with E-state index in [2.05, 4.69) is 31.6 Å². The second kappa shape index (κ2) is 8.68. The highest BCUT2D eigenvalue weighted by atomic mass is 32.2. The zero-order chi connectivity index (χ0) is 22.3. The minimum absolute atomic E-state index is 0.0561. The molecule has 1 saturated heterocycles.